The Morgan fingerprint density at radius 1 is 0.870 bits per heavy atom. The van der Waals surface area contributed by atoms with Crippen molar-refractivity contribution in [3.8, 4) is 0 Å². The molecule has 1 unspecified atom stereocenters. The molecule has 0 aromatic heterocycles. The van der Waals surface area contributed by atoms with Crippen LogP contribution in [0.3, 0.4) is 0 Å². The molecule has 2 aromatic rings. The molecular weight excluding hydrogens is 288 g/mol. The Morgan fingerprint density at radius 2 is 1.39 bits per heavy atom. The summed E-state index contributed by atoms with van der Waals surface area (Å²) < 4.78 is 0. The molecule has 2 aromatic carbocycles. The van der Waals surface area contributed by atoms with Crippen LogP contribution >= 0.6 is 0 Å². The normalized spacial score (nSPS) is 11.5. The Morgan fingerprint density at radius 3 is 1.91 bits per heavy atom. The van der Waals surface area contributed by atoms with Crippen LogP contribution in [0, 0.1) is 0 Å². The molecule has 0 saturated carbocycles. The van der Waals surface area contributed by atoms with Crippen molar-refractivity contribution < 1.29 is 9.59 Å². The maximum atomic E-state index is 12.1. The Labute approximate surface area is 136 Å². The van der Waals surface area contributed by atoms with Crippen LogP contribution in [0.1, 0.15) is 40.5 Å². The lowest BCUT2D eigenvalue weighted by molar-refractivity contribution is 0.0932. The van der Waals surface area contributed by atoms with Gasteiger partial charge in [-0.3, -0.25) is 9.59 Å². The first kappa shape index (κ1) is 16.7. The van der Waals surface area contributed by atoms with E-state index in [4.69, 9.17) is 0 Å². The van der Waals surface area contributed by atoms with Gasteiger partial charge in [-0.1, -0.05) is 43.3 Å². The number of benzene rings is 2. The lowest BCUT2D eigenvalue weighted by Crippen LogP contribution is -2.37. The van der Waals surface area contributed by atoms with Crippen molar-refractivity contribution in [3.05, 3.63) is 71.8 Å². The molecule has 0 spiro atoms. The molecule has 23 heavy (non-hydrogen) atoms. The molecule has 0 bridgehead atoms. The van der Waals surface area contributed by atoms with Gasteiger partial charge in [0.15, 0.2) is 0 Å². The van der Waals surface area contributed by atoms with E-state index in [1.54, 1.807) is 24.3 Å². The number of carbonyl (C=O) groups excluding carboxylic acids is 2. The van der Waals surface area contributed by atoms with Crippen LogP contribution in [-0.4, -0.2) is 24.4 Å². The summed E-state index contributed by atoms with van der Waals surface area (Å²) in [6, 6.07) is 18.3. The molecule has 120 valence electrons. The quantitative estimate of drug-likeness (QED) is 0.826. The van der Waals surface area contributed by atoms with E-state index in [0.717, 1.165) is 6.42 Å². The number of amides is 2. The minimum atomic E-state index is -0.0881. The Kier molecular flexibility index (Phi) is 6.36. The largest absolute Gasteiger partial charge is 0.352 e. The van der Waals surface area contributed by atoms with E-state index in [9.17, 15) is 9.59 Å². The van der Waals surface area contributed by atoms with Gasteiger partial charge in [-0.2, -0.15) is 0 Å². The SMILES string of the molecule is CCC(CCNC(=O)c1ccccc1)NC(=O)c1ccccc1. The summed E-state index contributed by atoms with van der Waals surface area (Å²) in [5.41, 5.74) is 1.30. The van der Waals surface area contributed by atoms with Crippen molar-refractivity contribution in [2.24, 2.45) is 0 Å². The Hall–Kier alpha value is -2.62. The van der Waals surface area contributed by atoms with Gasteiger partial charge in [0, 0.05) is 23.7 Å². The summed E-state index contributed by atoms with van der Waals surface area (Å²) in [6.45, 7) is 2.55. The maximum Gasteiger partial charge on any atom is 0.251 e. The summed E-state index contributed by atoms with van der Waals surface area (Å²) in [4.78, 5) is 24.1. The zero-order valence-electron chi connectivity index (χ0n) is 13.3. The fraction of sp³-hybridized carbons (Fsp3) is 0.263. The molecule has 0 radical (unpaired) electrons. The van der Waals surface area contributed by atoms with Crippen LogP contribution in [0.25, 0.3) is 0 Å². The molecule has 1 atom stereocenters. The third-order valence-corrected chi connectivity index (χ3v) is 3.68. The Balaban J connectivity index is 1.79. The number of hydrogen-bond donors (Lipinski definition) is 2. The van der Waals surface area contributed by atoms with Gasteiger partial charge in [0.25, 0.3) is 11.8 Å². The summed E-state index contributed by atoms with van der Waals surface area (Å²) in [5.74, 6) is -0.165. The van der Waals surface area contributed by atoms with E-state index in [1.807, 2.05) is 43.3 Å². The fourth-order valence-electron chi connectivity index (χ4n) is 2.29. The van der Waals surface area contributed by atoms with Crippen LogP contribution in [0.4, 0.5) is 0 Å². The van der Waals surface area contributed by atoms with E-state index in [0.29, 0.717) is 24.1 Å². The molecule has 2 N–H and O–H groups in total. The molecule has 0 aliphatic rings. The molecular formula is C19H22N2O2. The van der Waals surface area contributed by atoms with Gasteiger partial charge in [0.2, 0.25) is 0 Å². The predicted octanol–water partition coefficient (Wildman–Crippen LogP) is 3.02. The van der Waals surface area contributed by atoms with Crippen LogP contribution in [0.5, 0.6) is 0 Å². The number of hydrogen-bond acceptors (Lipinski definition) is 2. The van der Waals surface area contributed by atoms with Gasteiger partial charge in [0.05, 0.1) is 0 Å². The predicted molar refractivity (Wildman–Crippen MR) is 91.4 cm³/mol. The first-order valence-corrected chi connectivity index (χ1v) is 7.90. The average molecular weight is 310 g/mol. The summed E-state index contributed by atoms with van der Waals surface area (Å²) in [5, 5.41) is 5.89. The lowest BCUT2D eigenvalue weighted by Gasteiger charge is -2.17. The van der Waals surface area contributed by atoms with E-state index >= 15 is 0 Å². The van der Waals surface area contributed by atoms with Crippen molar-refractivity contribution in [1.82, 2.24) is 10.6 Å². The van der Waals surface area contributed by atoms with Crippen molar-refractivity contribution >= 4 is 11.8 Å². The third kappa shape index (κ3) is 5.25. The highest BCUT2D eigenvalue weighted by Gasteiger charge is 2.12. The molecule has 0 aliphatic carbocycles. The van der Waals surface area contributed by atoms with E-state index in [1.165, 1.54) is 0 Å². The second-order valence-corrected chi connectivity index (χ2v) is 5.36. The second-order valence-electron chi connectivity index (χ2n) is 5.36. The number of rotatable bonds is 7. The molecule has 2 rings (SSSR count). The van der Waals surface area contributed by atoms with Crippen LogP contribution < -0.4 is 10.6 Å². The van der Waals surface area contributed by atoms with Gasteiger partial charge in [-0.25, -0.2) is 0 Å². The smallest absolute Gasteiger partial charge is 0.251 e. The van der Waals surface area contributed by atoms with E-state index in [-0.39, 0.29) is 17.9 Å². The van der Waals surface area contributed by atoms with Crippen LogP contribution in [0.15, 0.2) is 60.7 Å². The molecule has 2 amide bonds. The molecule has 4 nitrogen and oxygen atoms in total. The fourth-order valence-corrected chi connectivity index (χ4v) is 2.29. The highest BCUT2D eigenvalue weighted by Crippen LogP contribution is 2.03. The average Bonchev–Trinajstić information content (AvgIpc) is 2.62. The first-order chi connectivity index (χ1) is 11.2. The van der Waals surface area contributed by atoms with Crippen molar-refractivity contribution in [3.63, 3.8) is 0 Å². The third-order valence-electron chi connectivity index (χ3n) is 3.68. The standard InChI is InChI=1S/C19H22N2O2/c1-2-17(21-19(23)16-11-7-4-8-12-16)13-14-20-18(22)15-9-5-3-6-10-15/h3-12,17H,2,13-14H2,1H3,(H,20,22)(H,21,23). The van der Waals surface area contributed by atoms with Gasteiger partial charge in [-0.05, 0) is 37.1 Å². The molecule has 4 heteroatoms. The first-order valence-electron chi connectivity index (χ1n) is 7.90. The minimum Gasteiger partial charge on any atom is -0.352 e. The monoisotopic (exact) mass is 310 g/mol. The summed E-state index contributed by atoms with van der Waals surface area (Å²) in [7, 11) is 0. The molecule has 0 aliphatic heterocycles. The molecule has 0 fully saturated rings. The Bertz CT molecular complexity index is 626. The topological polar surface area (TPSA) is 58.2 Å². The van der Waals surface area contributed by atoms with Gasteiger partial charge in [0.1, 0.15) is 0 Å². The van der Waals surface area contributed by atoms with Gasteiger partial charge < -0.3 is 10.6 Å². The van der Waals surface area contributed by atoms with Gasteiger partial charge >= 0.3 is 0 Å². The lowest BCUT2D eigenvalue weighted by atomic mass is 10.1. The van der Waals surface area contributed by atoms with E-state index < -0.39 is 0 Å². The summed E-state index contributed by atoms with van der Waals surface area (Å²) >= 11 is 0. The van der Waals surface area contributed by atoms with E-state index in [2.05, 4.69) is 10.6 Å². The number of carbonyl (C=O) groups is 2. The van der Waals surface area contributed by atoms with Gasteiger partial charge in [-0.15, -0.1) is 0 Å². The highest BCUT2D eigenvalue weighted by atomic mass is 16.2. The summed E-state index contributed by atoms with van der Waals surface area (Å²) in [6.07, 6.45) is 1.52. The second kappa shape index (κ2) is 8.73. The zero-order chi connectivity index (χ0) is 16.5. The highest BCUT2D eigenvalue weighted by molar-refractivity contribution is 5.94. The van der Waals surface area contributed by atoms with Crippen molar-refractivity contribution in [2.45, 2.75) is 25.8 Å². The van der Waals surface area contributed by atoms with Crippen LogP contribution in [0.2, 0.25) is 0 Å². The number of nitrogens with one attached hydrogen (secondary N) is 2. The zero-order valence-corrected chi connectivity index (χ0v) is 13.3. The van der Waals surface area contributed by atoms with Crippen molar-refractivity contribution in [1.29, 1.82) is 0 Å². The van der Waals surface area contributed by atoms with Crippen molar-refractivity contribution in [2.75, 3.05) is 6.54 Å². The molecule has 0 heterocycles. The maximum absolute atomic E-state index is 12.1. The van der Waals surface area contributed by atoms with Crippen LogP contribution in [-0.2, 0) is 0 Å². The minimum absolute atomic E-state index is 0.0405. The molecule has 0 saturated heterocycles.